The summed E-state index contributed by atoms with van der Waals surface area (Å²) in [5.41, 5.74) is 0.785. The van der Waals surface area contributed by atoms with Gasteiger partial charge in [0.1, 0.15) is 5.75 Å². The Morgan fingerprint density at radius 3 is 2.67 bits per heavy atom. The van der Waals surface area contributed by atoms with Crippen LogP contribution >= 0.6 is 11.6 Å². The quantitative estimate of drug-likeness (QED) is 0.613. The first-order chi connectivity index (χ1) is 7.09. The van der Waals surface area contributed by atoms with E-state index in [1.165, 1.54) is 12.1 Å². The van der Waals surface area contributed by atoms with Gasteiger partial charge in [0, 0.05) is 6.08 Å². The van der Waals surface area contributed by atoms with Gasteiger partial charge in [-0.15, -0.1) is 0 Å². The Morgan fingerprint density at radius 1 is 1.33 bits per heavy atom. The van der Waals surface area contributed by atoms with Crippen LogP contribution in [0.1, 0.15) is 5.56 Å². The largest absolute Gasteiger partial charge is 0.506 e. The Hall–Kier alpha value is -1.74. The first-order valence-corrected chi connectivity index (χ1v) is 4.53. The van der Waals surface area contributed by atoms with Gasteiger partial charge in [-0.2, -0.15) is 0 Å². The number of carboxylic acid groups (broad SMARTS) is 1. The SMILES string of the molecule is O=C(O)/C=C/C=C/c1ccc(O)c(Cl)c1. The number of aromatic hydroxyl groups is 1. The number of carboxylic acids is 1. The third kappa shape index (κ3) is 3.87. The third-order valence-electron chi connectivity index (χ3n) is 1.61. The van der Waals surface area contributed by atoms with Crippen molar-refractivity contribution in [1.82, 2.24) is 0 Å². The molecule has 0 saturated carbocycles. The van der Waals surface area contributed by atoms with Crippen molar-refractivity contribution >= 4 is 23.6 Å². The molecule has 0 aliphatic heterocycles. The molecule has 0 atom stereocenters. The smallest absolute Gasteiger partial charge is 0.328 e. The number of rotatable bonds is 3. The minimum absolute atomic E-state index is 0.0231. The number of allylic oxidation sites excluding steroid dienone is 2. The van der Waals surface area contributed by atoms with Gasteiger partial charge >= 0.3 is 5.97 Å². The van der Waals surface area contributed by atoms with Crippen LogP contribution in [0, 0.1) is 0 Å². The third-order valence-corrected chi connectivity index (χ3v) is 1.91. The molecule has 0 aliphatic carbocycles. The van der Waals surface area contributed by atoms with E-state index in [0.29, 0.717) is 0 Å². The van der Waals surface area contributed by atoms with Gasteiger partial charge in [0.05, 0.1) is 5.02 Å². The summed E-state index contributed by atoms with van der Waals surface area (Å²) in [4.78, 5) is 10.1. The molecule has 1 aromatic carbocycles. The average molecular weight is 225 g/mol. The normalized spacial score (nSPS) is 11.3. The lowest BCUT2D eigenvalue weighted by atomic mass is 10.2. The molecule has 0 fully saturated rings. The van der Waals surface area contributed by atoms with E-state index in [1.807, 2.05) is 0 Å². The predicted octanol–water partition coefficient (Wildman–Crippen LogP) is 2.70. The van der Waals surface area contributed by atoms with Crippen molar-refractivity contribution in [3.63, 3.8) is 0 Å². The second kappa shape index (κ2) is 5.22. The van der Waals surface area contributed by atoms with E-state index >= 15 is 0 Å². The Morgan fingerprint density at radius 2 is 2.07 bits per heavy atom. The number of hydrogen-bond acceptors (Lipinski definition) is 2. The fourth-order valence-corrected chi connectivity index (χ4v) is 1.12. The number of benzene rings is 1. The van der Waals surface area contributed by atoms with Crippen LogP contribution in [0.15, 0.2) is 36.4 Å². The Labute approximate surface area is 91.9 Å². The predicted molar refractivity (Wildman–Crippen MR) is 58.9 cm³/mol. The Bertz CT molecular complexity index is 422. The molecule has 1 rings (SSSR count). The van der Waals surface area contributed by atoms with Crippen LogP contribution in [0.2, 0.25) is 5.02 Å². The van der Waals surface area contributed by atoms with E-state index in [4.69, 9.17) is 21.8 Å². The average Bonchev–Trinajstić information content (AvgIpc) is 2.18. The van der Waals surface area contributed by atoms with Gasteiger partial charge in [0.2, 0.25) is 0 Å². The highest BCUT2D eigenvalue weighted by atomic mass is 35.5. The molecule has 0 radical (unpaired) electrons. The molecule has 0 unspecified atom stereocenters. The molecule has 15 heavy (non-hydrogen) atoms. The second-order valence-corrected chi connectivity index (χ2v) is 3.17. The molecule has 0 bridgehead atoms. The maximum absolute atomic E-state index is 10.1. The lowest BCUT2D eigenvalue weighted by Gasteiger charge is -1.96. The van der Waals surface area contributed by atoms with Gasteiger partial charge in [0.25, 0.3) is 0 Å². The zero-order valence-corrected chi connectivity index (χ0v) is 8.48. The molecule has 1 aromatic rings. The standard InChI is InChI=1S/C11H9ClO3/c12-9-7-8(5-6-10(9)13)3-1-2-4-11(14)15/h1-7,13H,(H,14,15)/b3-1+,4-2+. The van der Waals surface area contributed by atoms with Crippen LogP contribution < -0.4 is 0 Å². The van der Waals surface area contributed by atoms with E-state index in [2.05, 4.69) is 0 Å². The first-order valence-electron chi connectivity index (χ1n) is 4.16. The van der Waals surface area contributed by atoms with Gasteiger partial charge < -0.3 is 10.2 Å². The highest BCUT2D eigenvalue weighted by Crippen LogP contribution is 2.23. The van der Waals surface area contributed by atoms with E-state index in [1.54, 1.807) is 24.3 Å². The van der Waals surface area contributed by atoms with Crippen molar-refractivity contribution in [3.8, 4) is 5.75 Å². The van der Waals surface area contributed by atoms with Crippen LogP contribution in [0.5, 0.6) is 5.75 Å². The molecule has 0 amide bonds. The monoisotopic (exact) mass is 224 g/mol. The van der Waals surface area contributed by atoms with E-state index in [0.717, 1.165) is 11.6 Å². The summed E-state index contributed by atoms with van der Waals surface area (Å²) < 4.78 is 0. The fourth-order valence-electron chi connectivity index (χ4n) is 0.931. The van der Waals surface area contributed by atoms with Crippen LogP contribution in [0.3, 0.4) is 0 Å². The van der Waals surface area contributed by atoms with Crippen molar-refractivity contribution in [3.05, 3.63) is 47.0 Å². The first kappa shape index (κ1) is 11.3. The number of halogens is 1. The lowest BCUT2D eigenvalue weighted by molar-refractivity contribution is -0.131. The summed E-state index contributed by atoms with van der Waals surface area (Å²) in [6, 6.07) is 4.73. The highest BCUT2D eigenvalue weighted by Gasteiger charge is 1.96. The van der Waals surface area contributed by atoms with Crippen molar-refractivity contribution in [1.29, 1.82) is 0 Å². The lowest BCUT2D eigenvalue weighted by Crippen LogP contribution is -1.84. The molecule has 0 heterocycles. The summed E-state index contributed by atoms with van der Waals surface area (Å²) in [7, 11) is 0. The maximum Gasteiger partial charge on any atom is 0.328 e. The van der Waals surface area contributed by atoms with Gasteiger partial charge in [-0.1, -0.05) is 35.9 Å². The number of carbonyl (C=O) groups is 1. The molecular formula is C11H9ClO3. The minimum atomic E-state index is -0.997. The van der Waals surface area contributed by atoms with Crippen molar-refractivity contribution in [2.24, 2.45) is 0 Å². The molecule has 2 N–H and O–H groups in total. The van der Waals surface area contributed by atoms with Gasteiger partial charge in [-0.3, -0.25) is 0 Å². The number of aliphatic carboxylic acids is 1. The zero-order chi connectivity index (χ0) is 11.3. The molecule has 0 aliphatic rings. The fraction of sp³-hybridized carbons (Fsp3) is 0. The Kier molecular flexibility index (Phi) is 3.94. The summed E-state index contributed by atoms with van der Waals surface area (Å²) in [5.74, 6) is -0.974. The van der Waals surface area contributed by atoms with E-state index < -0.39 is 5.97 Å². The summed E-state index contributed by atoms with van der Waals surface area (Å²) in [6.45, 7) is 0. The Balaban J connectivity index is 2.73. The summed E-state index contributed by atoms with van der Waals surface area (Å²) in [6.07, 6.45) is 5.70. The molecule has 0 spiro atoms. The highest BCUT2D eigenvalue weighted by molar-refractivity contribution is 6.32. The number of phenolic OH excluding ortho intramolecular Hbond substituents is 1. The molecule has 78 valence electrons. The van der Waals surface area contributed by atoms with Crippen LogP contribution in [0.4, 0.5) is 0 Å². The van der Waals surface area contributed by atoms with Crippen molar-refractivity contribution in [2.75, 3.05) is 0 Å². The molecule has 4 heteroatoms. The van der Waals surface area contributed by atoms with E-state index in [9.17, 15) is 4.79 Å². The van der Waals surface area contributed by atoms with Gasteiger partial charge in [-0.25, -0.2) is 4.79 Å². The van der Waals surface area contributed by atoms with Gasteiger partial charge in [-0.05, 0) is 17.7 Å². The van der Waals surface area contributed by atoms with Crippen molar-refractivity contribution < 1.29 is 15.0 Å². The molecule has 3 nitrogen and oxygen atoms in total. The number of phenols is 1. The van der Waals surface area contributed by atoms with Gasteiger partial charge in [0.15, 0.2) is 0 Å². The topological polar surface area (TPSA) is 57.5 Å². The minimum Gasteiger partial charge on any atom is -0.506 e. The second-order valence-electron chi connectivity index (χ2n) is 2.77. The molecule has 0 aromatic heterocycles. The van der Waals surface area contributed by atoms with Crippen molar-refractivity contribution in [2.45, 2.75) is 0 Å². The summed E-state index contributed by atoms with van der Waals surface area (Å²) in [5, 5.41) is 17.7. The molecule has 0 saturated heterocycles. The number of hydrogen-bond donors (Lipinski definition) is 2. The van der Waals surface area contributed by atoms with Crippen LogP contribution in [-0.2, 0) is 4.79 Å². The zero-order valence-electron chi connectivity index (χ0n) is 7.72. The maximum atomic E-state index is 10.1. The van der Waals surface area contributed by atoms with Crippen LogP contribution in [0.25, 0.3) is 6.08 Å². The molecular weight excluding hydrogens is 216 g/mol. The summed E-state index contributed by atoms with van der Waals surface area (Å²) >= 11 is 5.68. The van der Waals surface area contributed by atoms with E-state index in [-0.39, 0.29) is 10.8 Å². The van der Waals surface area contributed by atoms with Crippen LogP contribution in [-0.4, -0.2) is 16.2 Å².